The Morgan fingerprint density at radius 2 is 2.07 bits per heavy atom. The zero-order valence-electron chi connectivity index (χ0n) is 15.7. The van der Waals surface area contributed by atoms with Gasteiger partial charge in [0, 0.05) is 36.9 Å². The van der Waals surface area contributed by atoms with Gasteiger partial charge in [0.15, 0.2) is 5.82 Å². The summed E-state index contributed by atoms with van der Waals surface area (Å²) in [6.07, 6.45) is 3.80. The van der Waals surface area contributed by atoms with Crippen LogP contribution in [0.3, 0.4) is 0 Å². The van der Waals surface area contributed by atoms with E-state index in [9.17, 15) is 5.26 Å². The second-order valence-corrected chi connectivity index (χ2v) is 7.77. The monoisotopic (exact) mass is 406 g/mol. The molecule has 2 aliphatic rings. The Balaban J connectivity index is 1.33. The van der Waals surface area contributed by atoms with E-state index in [4.69, 9.17) is 11.6 Å². The predicted molar refractivity (Wildman–Crippen MR) is 108 cm³/mol. The van der Waals surface area contributed by atoms with Crippen molar-refractivity contribution in [2.45, 2.75) is 24.9 Å². The van der Waals surface area contributed by atoms with E-state index in [1.807, 2.05) is 30.3 Å². The van der Waals surface area contributed by atoms with Gasteiger partial charge in [-0.15, -0.1) is 15.0 Å². The quantitative estimate of drug-likeness (QED) is 0.660. The summed E-state index contributed by atoms with van der Waals surface area (Å²) in [4.78, 5) is 10.7. The number of nitrogens with zero attached hydrogens (tertiary/aromatic N) is 8. The van der Waals surface area contributed by atoms with Gasteiger partial charge < -0.3 is 4.90 Å². The molecular weight excluding hydrogens is 388 g/mol. The van der Waals surface area contributed by atoms with Gasteiger partial charge in [-0.2, -0.15) is 5.26 Å². The van der Waals surface area contributed by atoms with Crippen molar-refractivity contribution in [3.05, 3.63) is 59.0 Å². The van der Waals surface area contributed by atoms with E-state index in [-0.39, 0.29) is 6.04 Å². The van der Waals surface area contributed by atoms with Gasteiger partial charge in [0.1, 0.15) is 11.9 Å². The Morgan fingerprint density at radius 3 is 2.93 bits per heavy atom. The van der Waals surface area contributed by atoms with E-state index < -0.39 is 0 Å². The van der Waals surface area contributed by atoms with Crippen molar-refractivity contribution < 1.29 is 0 Å². The Kier molecular flexibility index (Phi) is 4.62. The lowest BCUT2D eigenvalue weighted by molar-refractivity contribution is 0.170. The number of benzene rings is 1. The molecule has 8 nitrogen and oxygen atoms in total. The predicted octanol–water partition coefficient (Wildman–Crippen LogP) is 2.61. The normalized spacial score (nSPS) is 21.7. The van der Waals surface area contributed by atoms with Gasteiger partial charge in [0.2, 0.25) is 0 Å². The average molecular weight is 407 g/mol. The van der Waals surface area contributed by atoms with Crippen molar-refractivity contribution in [1.29, 1.82) is 5.26 Å². The summed E-state index contributed by atoms with van der Waals surface area (Å²) in [6, 6.07) is 13.9. The number of nitriles is 1. The van der Waals surface area contributed by atoms with E-state index in [0.29, 0.717) is 16.6 Å². The number of fused-ring (bicyclic) bond motifs is 1. The first-order chi connectivity index (χ1) is 14.2. The van der Waals surface area contributed by atoms with Crippen molar-refractivity contribution in [2.75, 3.05) is 24.5 Å². The minimum Gasteiger partial charge on any atom is -0.353 e. The molecule has 2 unspecified atom stereocenters. The minimum atomic E-state index is 0.161. The molecular formula is C20H19ClN8. The second kappa shape index (κ2) is 7.43. The van der Waals surface area contributed by atoms with Crippen molar-refractivity contribution in [3.8, 4) is 11.8 Å². The highest BCUT2D eigenvalue weighted by Gasteiger charge is 2.40. The van der Waals surface area contributed by atoms with Crippen molar-refractivity contribution in [1.82, 2.24) is 30.1 Å². The molecule has 0 amide bonds. The first kappa shape index (κ1) is 18.0. The van der Waals surface area contributed by atoms with Gasteiger partial charge in [0.25, 0.3) is 0 Å². The molecule has 0 saturated carbocycles. The Labute approximate surface area is 173 Å². The first-order valence-electron chi connectivity index (χ1n) is 9.64. The summed E-state index contributed by atoms with van der Waals surface area (Å²) in [5.74, 6) is 1.53. The summed E-state index contributed by atoms with van der Waals surface area (Å²) in [5, 5.41) is 23.2. The van der Waals surface area contributed by atoms with Crippen LogP contribution in [0.5, 0.6) is 0 Å². The van der Waals surface area contributed by atoms with Crippen LogP contribution >= 0.6 is 11.6 Å². The second-order valence-electron chi connectivity index (χ2n) is 7.33. The molecule has 5 rings (SSSR count). The Morgan fingerprint density at radius 1 is 1.14 bits per heavy atom. The van der Waals surface area contributed by atoms with Gasteiger partial charge in [-0.1, -0.05) is 17.7 Å². The molecule has 0 aliphatic carbocycles. The van der Waals surface area contributed by atoms with Crippen LogP contribution in [0, 0.1) is 11.3 Å². The third kappa shape index (κ3) is 3.33. The standard InChI is InChI=1S/C20H19ClN8/c21-15-4-1-5-16(11-15)29-25-19(24-26-29)18-7-6-17-13-27(9-10-28(17)18)20-14(12-22)3-2-8-23-20/h1-5,8,11,17-18H,6-7,9-10,13H2. The molecule has 9 heteroatoms. The van der Waals surface area contributed by atoms with Gasteiger partial charge in [-0.25, -0.2) is 4.98 Å². The van der Waals surface area contributed by atoms with Crippen LogP contribution in [0.4, 0.5) is 5.82 Å². The van der Waals surface area contributed by atoms with Crippen LogP contribution in [0.1, 0.15) is 30.3 Å². The van der Waals surface area contributed by atoms with Gasteiger partial charge in [0.05, 0.1) is 17.3 Å². The molecule has 3 aromatic rings. The topological polar surface area (TPSA) is 86.8 Å². The van der Waals surface area contributed by atoms with Gasteiger partial charge in [-0.3, -0.25) is 4.90 Å². The lowest BCUT2D eigenvalue weighted by atomic mass is 10.1. The molecule has 1 aromatic carbocycles. The fourth-order valence-corrected chi connectivity index (χ4v) is 4.51. The number of piperazine rings is 1. The highest BCUT2D eigenvalue weighted by molar-refractivity contribution is 6.30. The highest BCUT2D eigenvalue weighted by Crippen LogP contribution is 2.37. The number of hydrogen-bond donors (Lipinski definition) is 0. The number of halogens is 1. The summed E-state index contributed by atoms with van der Waals surface area (Å²) in [5.41, 5.74) is 1.43. The number of tetrazole rings is 1. The summed E-state index contributed by atoms with van der Waals surface area (Å²) in [6.45, 7) is 2.55. The molecule has 0 radical (unpaired) electrons. The fraction of sp³-hybridized carbons (Fsp3) is 0.350. The number of aromatic nitrogens is 5. The number of anilines is 1. The molecule has 0 spiro atoms. The minimum absolute atomic E-state index is 0.161. The third-order valence-corrected chi connectivity index (χ3v) is 5.91. The number of pyridine rings is 1. The van der Waals surface area contributed by atoms with E-state index >= 15 is 0 Å². The molecule has 2 fully saturated rings. The molecule has 0 bridgehead atoms. The SMILES string of the molecule is N#Cc1cccnc1N1CCN2C(CCC2c2nnn(-c3cccc(Cl)c3)n2)C1. The summed E-state index contributed by atoms with van der Waals surface area (Å²) in [7, 11) is 0. The van der Waals surface area contributed by atoms with Crippen molar-refractivity contribution in [3.63, 3.8) is 0 Å². The maximum Gasteiger partial charge on any atom is 0.192 e. The number of rotatable bonds is 3. The first-order valence-corrected chi connectivity index (χ1v) is 10.0. The lowest BCUT2D eigenvalue weighted by Gasteiger charge is -2.40. The van der Waals surface area contributed by atoms with Crippen LogP contribution in [0.15, 0.2) is 42.6 Å². The maximum absolute atomic E-state index is 9.38. The molecule has 2 atom stereocenters. The van der Waals surface area contributed by atoms with Gasteiger partial charge in [-0.05, 0) is 48.4 Å². The van der Waals surface area contributed by atoms with Crippen molar-refractivity contribution >= 4 is 17.4 Å². The molecule has 2 aromatic heterocycles. The smallest absolute Gasteiger partial charge is 0.192 e. The van der Waals surface area contributed by atoms with Crippen LogP contribution < -0.4 is 4.90 Å². The zero-order valence-corrected chi connectivity index (χ0v) is 16.4. The van der Waals surface area contributed by atoms with Crippen LogP contribution in [0.25, 0.3) is 5.69 Å². The highest BCUT2D eigenvalue weighted by atomic mass is 35.5. The third-order valence-electron chi connectivity index (χ3n) is 5.67. The zero-order chi connectivity index (χ0) is 19.8. The molecule has 29 heavy (non-hydrogen) atoms. The average Bonchev–Trinajstić information content (AvgIpc) is 3.40. The van der Waals surface area contributed by atoms with E-state index in [0.717, 1.165) is 49.8 Å². The maximum atomic E-state index is 9.38. The molecule has 2 saturated heterocycles. The number of hydrogen-bond acceptors (Lipinski definition) is 7. The largest absolute Gasteiger partial charge is 0.353 e. The van der Waals surface area contributed by atoms with E-state index in [1.165, 1.54) is 4.80 Å². The van der Waals surface area contributed by atoms with E-state index in [2.05, 4.69) is 36.3 Å². The van der Waals surface area contributed by atoms with Crippen LogP contribution in [0.2, 0.25) is 5.02 Å². The Bertz CT molecular complexity index is 1070. The lowest BCUT2D eigenvalue weighted by Crippen LogP contribution is -2.51. The van der Waals surface area contributed by atoms with Crippen LogP contribution in [-0.2, 0) is 0 Å². The van der Waals surface area contributed by atoms with Crippen molar-refractivity contribution in [2.24, 2.45) is 0 Å². The Hall–Kier alpha value is -3.02. The molecule has 4 heterocycles. The summed E-state index contributed by atoms with van der Waals surface area (Å²) < 4.78 is 0. The summed E-state index contributed by atoms with van der Waals surface area (Å²) >= 11 is 6.08. The molecule has 0 N–H and O–H groups in total. The fourth-order valence-electron chi connectivity index (χ4n) is 4.33. The molecule has 146 valence electrons. The van der Waals surface area contributed by atoms with Crippen LogP contribution in [-0.4, -0.2) is 55.8 Å². The van der Waals surface area contributed by atoms with Gasteiger partial charge >= 0.3 is 0 Å². The van der Waals surface area contributed by atoms with E-state index in [1.54, 1.807) is 12.3 Å². The molecule has 2 aliphatic heterocycles.